The molecule has 7 heteroatoms. The second-order valence-electron chi connectivity index (χ2n) is 3.41. The maximum atomic E-state index is 10.8. The molecule has 18 heavy (non-hydrogen) atoms. The third-order valence-electron chi connectivity index (χ3n) is 2.24. The van der Waals surface area contributed by atoms with Crippen molar-refractivity contribution in [2.75, 3.05) is 34.4 Å². The number of methoxy groups -OCH3 is 1. The van der Waals surface area contributed by atoms with Crippen LogP contribution in [-0.2, 0) is 4.84 Å². The van der Waals surface area contributed by atoms with E-state index in [1.807, 2.05) is 0 Å². The summed E-state index contributed by atoms with van der Waals surface area (Å²) in [6.45, 7) is 0.959. The van der Waals surface area contributed by atoms with E-state index in [-0.39, 0.29) is 11.4 Å². The number of hydrogen-bond acceptors (Lipinski definition) is 6. The number of ether oxygens (including phenoxy) is 2. The van der Waals surface area contributed by atoms with Gasteiger partial charge in [0.1, 0.15) is 12.4 Å². The molecule has 0 spiro atoms. The van der Waals surface area contributed by atoms with Crippen molar-refractivity contribution in [2.24, 2.45) is 0 Å². The van der Waals surface area contributed by atoms with Crippen LogP contribution in [-0.4, -0.2) is 55.5 Å². The first-order chi connectivity index (χ1) is 8.58. The van der Waals surface area contributed by atoms with Crippen LogP contribution >= 0.6 is 0 Å². The van der Waals surface area contributed by atoms with Crippen LogP contribution in [0.4, 0.5) is 0 Å². The van der Waals surface area contributed by atoms with Crippen molar-refractivity contribution >= 4 is 5.97 Å². The van der Waals surface area contributed by atoms with Gasteiger partial charge >= 0.3 is 5.97 Å². The second kappa shape index (κ2) is 6.77. The predicted molar refractivity (Wildman–Crippen MR) is 62.9 cm³/mol. The molecule has 0 aliphatic carbocycles. The molecule has 7 nitrogen and oxygen atoms in total. The van der Waals surface area contributed by atoms with Crippen LogP contribution < -0.4 is 9.47 Å². The Kier molecular flexibility index (Phi) is 5.34. The molecule has 1 aromatic rings. The molecular formula is C11H16N2O5. The van der Waals surface area contributed by atoms with Crippen molar-refractivity contribution in [1.29, 1.82) is 0 Å². The molecule has 0 aliphatic rings. The lowest BCUT2D eigenvalue weighted by Crippen LogP contribution is -2.23. The predicted octanol–water partition coefficient (Wildman–Crippen LogP) is 0.660. The topological polar surface area (TPSA) is 81.1 Å². The van der Waals surface area contributed by atoms with Crippen molar-refractivity contribution in [3.05, 3.63) is 18.0 Å². The van der Waals surface area contributed by atoms with Gasteiger partial charge in [0.2, 0.25) is 0 Å². The third kappa shape index (κ3) is 3.86. The van der Waals surface area contributed by atoms with E-state index in [4.69, 9.17) is 19.4 Å². The zero-order valence-electron chi connectivity index (χ0n) is 10.5. The fourth-order valence-electron chi connectivity index (χ4n) is 1.21. The van der Waals surface area contributed by atoms with Gasteiger partial charge in [-0.2, -0.15) is 5.06 Å². The molecule has 1 N–H and O–H groups in total. The van der Waals surface area contributed by atoms with Crippen LogP contribution in [0, 0.1) is 0 Å². The first-order valence-electron chi connectivity index (χ1n) is 5.23. The molecule has 100 valence electrons. The lowest BCUT2D eigenvalue weighted by Gasteiger charge is -2.14. The monoisotopic (exact) mass is 256 g/mol. The molecule has 0 amide bonds. The van der Waals surface area contributed by atoms with E-state index >= 15 is 0 Å². The first-order valence-corrected chi connectivity index (χ1v) is 5.23. The van der Waals surface area contributed by atoms with E-state index in [0.717, 1.165) is 0 Å². The number of aromatic nitrogens is 1. The van der Waals surface area contributed by atoms with Gasteiger partial charge in [-0.1, -0.05) is 0 Å². The minimum Gasteiger partial charge on any atom is -0.494 e. The van der Waals surface area contributed by atoms with Gasteiger partial charge in [0, 0.05) is 13.1 Å². The van der Waals surface area contributed by atoms with Crippen LogP contribution in [0.5, 0.6) is 11.5 Å². The highest BCUT2D eigenvalue weighted by atomic mass is 16.7. The quantitative estimate of drug-likeness (QED) is 0.717. The van der Waals surface area contributed by atoms with Crippen LogP contribution in [0.2, 0.25) is 0 Å². The van der Waals surface area contributed by atoms with Crippen molar-refractivity contribution in [1.82, 2.24) is 10.0 Å². The van der Waals surface area contributed by atoms with E-state index in [0.29, 0.717) is 18.9 Å². The zero-order chi connectivity index (χ0) is 13.5. The number of hydroxylamine groups is 2. The second-order valence-corrected chi connectivity index (χ2v) is 3.41. The highest BCUT2D eigenvalue weighted by Gasteiger charge is 2.13. The SMILES string of the molecule is COc1cc(OCCN(C)OC)cnc1C(=O)O. The fraction of sp³-hybridized carbons (Fsp3) is 0.455. The van der Waals surface area contributed by atoms with Gasteiger partial charge in [-0.3, -0.25) is 0 Å². The number of carboxylic acids is 1. The van der Waals surface area contributed by atoms with Crippen molar-refractivity contribution in [3.8, 4) is 11.5 Å². The standard InChI is InChI=1S/C11H16N2O5/c1-13(17-3)4-5-18-8-6-9(16-2)10(11(14)15)12-7-8/h6-7H,4-5H2,1-3H3,(H,14,15). The highest BCUT2D eigenvalue weighted by molar-refractivity contribution is 5.88. The van der Waals surface area contributed by atoms with Gasteiger partial charge in [0.15, 0.2) is 11.4 Å². The number of likely N-dealkylation sites (N-methyl/N-ethyl adjacent to an activating group) is 1. The maximum Gasteiger partial charge on any atom is 0.358 e. The molecule has 1 rings (SSSR count). The molecular weight excluding hydrogens is 240 g/mol. The number of carboxylic acid groups (broad SMARTS) is 1. The number of carbonyl (C=O) groups is 1. The van der Waals surface area contributed by atoms with E-state index in [1.165, 1.54) is 19.4 Å². The molecule has 0 radical (unpaired) electrons. The van der Waals surface area contributed by atoms with E-state index in [2.05, 4.69) is 4.98 Å². The van der Waals surface area contributed by atoms with Gasteiger partial charge in [-0.05, 0) is 0 Å². The summed E-state index contributed by atoms with van der Waals surface area (Å²) < 4.78 is 10.3. The normalized spacial score (nSPS) is 10.4. The smallest absolute Gasteiger partial charge is 0.358 e. The Bertz CT molecular complexity index is 410. The summed E-state index contributed by atoms with van der Waals surface area (Å²) in [6.07, 6.45) is 1.35. The Labute approximate surface area is 105 Å². The van der Waals surface area contributed by atoms with Crippen molar-refractivity contribution in [3.63, 3.8) is 0 Å². The Hall–Kier alpha value is -1.86. The molecule has 0 fully saturated rings. The molecule has 0 saturated carbocycles. The van der Waals surface area contributed by atoms with E-state index in [1.54, 1.807) is 19.2 Å². The largest absolute Gasteiger partial charge is 0.494 e. The fourth-order valence-corrected chi connectivity index (χ4v) is 1.21. The van der Waals surface area contributed by atoms with E-state index in [9.17, 15) is 4.79 Å². The van der Waals surface area contributed by atoms with Crippen LogP contribution in [0.15, 0.2) is 12.3 Å². The minimum absolute atomic E-state index is 0.140. The Balaban J connectivity index is 2.65. The van der Waals surface area contributed by atoms with Crippen LogP contribution in [0.3, 0.4) is 0 Å². The number of aromatic carboxylic acids is 1. The van der Waals surface area contributed by atoms with Crippen molar-refractivity contribution in [2.45, 2.75) is 0 Å². The Morgan fingerprint density at radius 1 is 1.50 bits per heavy atom. The molecule has 0 bridgehead atoms. The molecule has 0 atom stereocenters. The molecule has 0 saturated heterocycles. The number of pyridine rings is 1. The molecule has 1 heterocycles. The summed E-state index contributed by atoms with van der Waals surface area (Å²) in [7, 11) is 4.72. The number of nitrogens with zero attached hydrogens (tertiary/aromatic N) is 2. The lowest BCUT2D eigenvalue weighted by molar-refractivity contribution is -0.113. The summed E-state index contributed by atoms with van der Waals surface area (Å²) in [5.41, 5.74) is -0.140. The molecule has 0 aliphatic heterocycles. The Morgan fingerprint density at radius 3 is 2.78 bits per heavy atom. The highest BCUT2D eigenvalue weighted by Crippen LogP contribution is 2.22. The molecule has 1 aromatic heterocycles. The van der Waals surface area contributed by atoms with Crippen molar-refractivity contribution < 1.29 is 24.2 Å². The van der Waals surface area contributed by atoms with E-state index < -0.39 is 5.97 Å². The summed E-state index contributed by atoms with van der Waals surface area (Å²) in [5.74, 6) is -0.529. The summed E-state index contributed by atoms with van der Waals surface area (Å²) in [5, 5.41) is 10.5. The molecule has 0 unspecified atom stereocenters. The maximum absolute atomic E-state index is 10.8. The Morgan fingerprint density at radius 2 is 2.22 bits per heavy atom. The van der Waals surface area contributed by atoms with Gasteiger partial charge in [0.05, 0.1) is 27.0 Å². The minimum atomic E-state index is -1.14. The van der Waals surface area contributed by atoms with Gasteiger partial charge in [0.25, 0.3) is 0 Å². The summed E-state index contributed by atoms with van der Waals surface area (Å²) >= 11 is 0. The summed E-state index contributed by atoms with van der Waals surface area (Å²) in [6, 6.07) is 1.49. The lowest BCUT2D eigenvalue weighted by atomic mass is 10.3. The van der Waals surface area contributed by atoms with Gasteiger partial charge < -0.3 is 19.4 Å². The first kappa shape index (κ1) is 14.2. The number of rotatable bonds is 7. The summed E-state index contributed by atoms with van der Waals surface area (Å²) in [4.78, 5) is 19.5. The van der Waals surface area contributed by atoms with Gasteiger partial charge in [-0.15, -0.1) is 0 Å². The number of hydrogen-bond donors (Lipinski definition) is 1. The van der Waals surface area contributed by atoms with Gasteiger partial charge in [-0.25, -0.2) is 9.78 Å². The molecule has 0 aromatic carbocycles. The van der Waals surface area contributed by atoms with Crippen LogP contribution in [0.1, 0.15) is 10.5 Å². The zero-order valence-corrected chi connectivity index (χ0v) is 10.5. The average Bonchev–Trinajstić information content (AvgIpc) is 2.37. The average molecular weight is 256 g/mol. The third-order valence-corrected chi connectivity index (χ3v) is 2.24. The van der Waals surface area contributed by atoms with Crippen LogP contribution in [0.25, 0.3) is 0 Å².